The van der Waals surface area contributed by atoms with E-state index >= 15 is 0 Å². The zero-order chi connectivity index (χ0) is 39.4. The summed E-state index contributed by atoms with van der Waals surface area (Å²) in [4.78, 5) is 66.8. The molecule has 6 fully saturated rings. The van der Waals surface area contributed by atoms with Gasteiger partial charge in [-0.1, -0.05) is 32.6 Å². The van der Waals surface area contributed by atoms with Gasteiger partial charge in [0.05, 0.1) is 23.7 Å². The molecule has 0 radical (unpaired) electrons. The van der Waals surface area contributed by atoms with Crippen LogP contribution in [0.15, 0.2) is 40.9 Å². The van der Waals surface area contributed by atoms with Gasteiger partial charge in [-0.15, -0.1) is 0 Å². The maximum Gasteiger partial charge on any atom is 0.342 e. The van der Waals surface area contributed by atoms with Crippen molar-refractivity contribution in [3.63, 3.8) is 0 Å². The van der Waals surface area contributed by atoms with Crippen molar-refractivity contribution in [1.29, 1.82) is 0 Å². The van der Waals surface area contributed by atoms with E-state index in [1.54, 1.807) is 25.1 Å². The maximum atomic E-state index is 13.8. The van der Waals surface area contributed by atoms with E-state index in [-0.39, 0.29) is 37.3 Å². The fourth-order valence-electron chi connectivity index (χ4n) is 12.9. The van der Waals surface area contributed by atoms with Crippen molar-refractivity contribution >= 4 is 45.8 Å². The molecule has 2 aliphatic heterocycles. The summed E-state index contributed by atoms with van der Waals surface area (Å²) >= 11 is 3.47. The standard InChI is InChI=1S/C41H51BrO12/c1-21-19-40(48)29-15-17-36(5)27(16-18-39(20-50-30(45)14-13-28(36)39)22(2)51-34(46)25-11-9-10-12-26(25)42)37(29,6)32(52-23(3)43)33(53-24(4)44)38(40,7)41(31(21)54-41)35(47)49-8/h9-12,22,27-29,31-33,48H,1,13-20H2,2-8H3/t22?,27?,28-,29?,31+,32+,33-,36+,37+,38+,39-,40+,41-/m0/s1. The summed E-state index contributed by atoms with van der Waals surface area (Å²) in [6.07, 6.45) is -1.13. The number of carbonyl (C=O) groups is 5. The van der Waals surface area contributed by atoms with Gasteiger partial charge in [0.2, 0.25) is 5.60 Å². The Morgan fingerprint density at radius 2 is 1.61 bits per heavy atom. The Morgan fingerprint density at radius 3 is 2.26 bits per heavy atom. The molecule has 0 amide bonds. The number of cyclic esters (lactones) is 1. The molecule has 13 atom stereocenters. The maximum absolute atomic E-state index is 13.8. The minimum Gasteiger partial charge on any atom is -0.467 e. The van der Waals surface area contributed by atoms with Crippen molar-refractivity contribution in [1.82, 2.24) is 0 Å². The van der Waals surface area contributed by atoms with Gasteiger partial charge >= 0.3 is 29.8 Å². The average Bonchev–Trinajstić information content (AvgIpc) is 3.90. The highest BCUT2D eigenvalue weighted by atomic mass is 79.9. The van der Waals surface area contributed by atoms with E-state index in [0.29, 0.717) is 47.7 Å². The van der Waals surface area contributed by atoms with Crippen LogP contribution in [-0.4, -0.2) is 84.3 Å². The second kappa shape index (κ2) is 12.9. The van der Waals surface area contributed by atoms with Crippen molar-refractivity contribution in [3.8, 4) is 0 Å². The number of ether oxygens (including phenoxy) is 6. The number of epoxide rings is 1. The molecule has 6 aliphatic rings. The van der Waals surface area contributed by atoms with Crippen molar-refractivity contribution in [2.75, 3.05) is 13.7 Å². The number of hydrogen-bond acceptors (Lipinski definition) is 12. The lowest BCUT2D eigenvalue weighted by atomic mass is 9.32. The fraction of sp³-hybridized carbons (Fsp3) is 0.683. The molecule has 54 heavy (non-hydrogen) atoms. The van der Waals surface area contributed by atoms with Crippen molar-refractivity contribution in [3.05, 3.63) is 46.5 Å². The van der Waals surface area contributed by atoms with Gasteiger partial charge in [-0.25, -0.2) is 9.59 Å². The summed E-state index contributed by atoms with van der Waals surface area (Å²) in [5.74, 6) is -3.89. The molecule has 1 aromatic rings. The number of rotatable bonds is 6. The van der Waals surface area contributed by atoms with Crippen molar-refractivity contribution in [2.45, 2.75) is 122 Å². The topological polar surface area (TPSA) is 164 Å². The smallest absolute Gasteiger partial charge is 0.342 e. The van der Waals surface area contributed by atoms with Crippen LogP contribution < -0.4 is 0 Å². The monoisotopic (exact) mass is 814 g/mol. The molecule has 2 heterocycles. The molecule has 12 nitrogen and oxygen atoms in total. The summed E-state index contributed by atoms with van der Waals surface area (Å²) in [7, 11) is 1.24. The second-order valence-electron chi connectivity index (χ2n) is 17.3. The Balaban J connectivity index is 1.37. The molecule has 2 saturated heterocycles. The highest BCUT2D eigenvalue weighted by molar-refractivity contribution is 9.10. The normalized spacial score (nSPS) is 43.9. The SMILES string of the molecule is C=C1C[C@@]2(O)C3CC[C@]4(C)C(CC[C@@]5(C(C)OC(=O)c6ccccc6Br)COC(=O)CC[C@H]54)[C@@]3(C)[C@H](OC(C)=O)[C@H](OC(C)=O)[C@@]2(C)[C@]2(C(=O)OC)O[C@H]12. The van der Waals surface area contributed by atoms with Crippen LogP contribution in [0.3, 0.4) is 0 Å². The van der Waals surface area contributed by atoms with Crippen LogP contribution >= 0.6 is 15.9 Å². The van der Waals surface area contributed by atoms with E-state index in [0.717, 1.165) is 0 Å². The number of carbonyl (C=O) groups excluding carboxylic acids is 5. The van der Waals surface area contributed by atoms with Crippen LogP contribution in [0.1, 0.15) is 96.8 Å². The molecule has 1 aromatic carbocycles. The third kappa shape index (κ3) is 5.01. The fourth-order valence-corrected chi connectivity index (χ4v) is 13.4. The van der Waals surface area contributed by atoms with Gasteiger partial charge in [0, 0.05) is 42.0 Å². The second-order valence-corrected chi connectivity index (χ2v) is 18.2. The zero-order valence-electron chi connectivity index (χ0n) is 32.0. The molecule has 3 unspecified atom stereocenters. The first kappa shape index (κ1) is 39.0. The number of halogens is 1. The number of esters is 5. The van der Waals surface area contributed by atoms with Gasteiger partial charge in [-0.05, 0) is 103 Å². The number of aliphatic hydroxyl groups is 1. The molecule has 0 spiro atoms. The number of fused-ring (bicyclic) bond motifs is 9. The summed E-state index contributed by atoms with van der Waals surface area (Å²) in [5, 5.41) is 13.5. The Morgan fingerprint density at radius 1 is 0.963 bits per heavy atom. The predicted octanol–water partition coefficient (Wildman–Crippen LogP) is 5.65. The molecule has 1 N–H and O–H groups in total. The lowest BCUT2D eigenvalue weighted by molar-refractivity contribution is -0.338. The van der Waals surface area contributed by atoms with Crippen LogP contribution in [0.2, 0.25) is 0 Å². The van der Waals surface area contributed by atoms with Gasteiger partial charge in [0.15, 0.2) is 6.10 Å². The molecule has 294 valence electrons. The van der Waals surface area contributed by atoms with Crippen LogP contribution in [-0.2, 0) is 47.6 Å². The Hall–Kier alpha value is -3.29. The zero-order valence-corrected chi connectivity index (χ0v) is 33.6. The molecule has 7 rings (SSSR count). The van der Waals surface area contributed by atoms with E-state index in [1.165, 1.54) is 21.0 Å². The van der Waals surface area contributed by atoms with Crippen LogP contribution in [0.5, 0.6) is 0 Å². The van der Waals surface area contributed by atoms with Crippen molar-refractivity contribution < 1.29 is 57.5 Å². The van der Waals surface area contributed by atoms with Crippen LogP contribution in [0.25, 0.3) is 0 Å². The van der Waals surface area contributed by atoms with Gasteiger partial charge in [-0.3, -0.25) is 14.4 Å². The molecule has 4 aliphatic carbocycles. The van der Waals surface area contributed by atoms with Gasteiger partial charge in [-0.2, -0.15) is 0 Å². The minimum atomic E-state index is -1.74. The summed E-state index contributed by atoms with van der Waals surface area (Å²) in [6.45, 7) is 14.6. The van der Waals surface area contributed by atoms with E-state index < -0.39 is 87.1 Å². The summed E-state index contributed by atoms with van der Waals surface area (Å²) in [5.41, 5.74) is -6.52. The van der Waals surface area contributed by atoms with E-state index in [9.17, 15) is 29.1 Å². The summed E-state index contributed by atoms with van der Waals surface area (Å²) < 4.78 is 36.8. The van der Waals surface area contributed by atoms with Crippen LogP contribution in [0.4, 0.5) is 0 Å². The largest absolute Gasteiger partial charge is 0.467 e. The summed E-state index contributed by atoms with van der Waals surface area (Å²) in [6, 6.07) is 7.05. The Kier molecular flexibility index (Phi) is 9.29. The van der Waals surface area contributed by atoms with Crippen molar-refractivity contribution in [2.24, 2.45) is 39.4 Å². The molecule has 0 bridgehead atoms. The Labute approximate surface area is 324 Å². The number of benzene rings is 1. The average molecular weight is 816 g/mol. The lowest BCUT2D eigenvalue weighted by Crippen LogP contribution is -2.82. The third-order valence-corrected chi connectivity index (χ3v) is 15.9. The van der Waals surface area contributed by atoms with Gasteiger partial charge in [0.1, 0.15) is 24.9 Å². The molecule has 13 heteroatoms. The first-order valence-corrected chi connectivity index (χ1v) is 19.7. The minimum absolute atomic E-state index is 0.0645. The van der Waals surface area contributed by atoms with Gasteiger partial charge < -0.3 is 33.5 Å². The third-order valence-electron chi connectivity index (χ3n) is 15.2. The molecule has 4 saturated carbocycles. The number of methoxy groups -OCH3 is 1. The quantitative estimate of drug-likeness (QED) is 0.163. The predicted molar refractivity (Wildman–Crippen MR) is 194 cm³/mol. The van der Waals surface area contributed by atoms with Crippen LogP contribution in [0, 0.1) is 39.4 Å². The Bertz CT molecular complexity index is 1810. The first-order valence-electron chi connectivity index (χ1n) is 18.9. The molecular formula is C41H51BrO12. The molecular weight excluding hydrogens is 764 g/mol. The van der Waals surface area contributed by atoms with E-state index in [2.05, 4.69) is 29.4 Å². The van der Waals surface area contributed by atoms with E-state index in [1.807, 2.05) is 19.9 Å². The molecule has 0 aromatic heterocycles. The van der Waals surface area contributed by atoms with E-state index in [4.69, 9.17) is 28.4 Å². The lowest BCUT2D eigenvalue weighted by Gasteiger charge is -2.73. The first-order chi connectivity index (χ1) is 25.3. The number of hydrogen-bond donors (Lipinski definition) is 1. The highest BCUT2D eigenvalue weighted by Crippen LogP contribution is 2.78. The van der Waals surface area contributed by atoms with Gasteiger partial charge in [0.25, 0.3) is 0 Å². The highest BCUT2D eigenvalue weighted by Gasteiger charge is 2.90.